The van der Waals surface area contributed by atoms with E-state index >= 15 is 0 Å². The van der Waals surface area contributed by atoms with Crippen molar-refractivity contribution in [3.63, 3.8) is 0 Å². The van der Waals surface area contributed by atoms with Crippen molar-refractivity contribution in [2.45, 2.75) is 38.8 Å². The lowest BCUT2D eigenvalue weighted by Gasteiger charge is -2.28. The molecule has 2 heterocycles. The van der Waals surface area contributed by atoms with E-state index in [-0.39, 0.29) is 30.2 Å². The van der Waals surface area contributed by atoms with Gasteiger partial charge in [0.1, 0.15) is 11.7 Å². The molecular formula is C14H18BrN3O3. The second-order valence-corrected chi connectivity index (χ2v) is 6.32. The molecule has 3 amide bonds. The zero-order valence-electron chi connectivity index (χ0n) is 12.2. The molecule has 7 heteroatoms. The van der Waals surface area contributed by atoms with Crippen LogP contribution in [0.2, 0.25) is 0 Å². The lowest BCUT2D eigenvalue weighted by atomic mass is 10.0. The molecule has 1 atom stereocenters. The first kappa shape index (κ1) is 15.8. The molecule has 0 spiro atoms. The number of likely N-dealkylation sites (tertiary alicyclic amines) is 1. The second-order valence-electron chi connectivity index (χ2n) is 5.40. The average Bonchev–Trinajstić information content (AvgIpc) is 2.82. The van der Waals surface area contributed by atoms with E-state index in [0.717, 1.165) is 9.37 Å². The number of hydrogen-bond donors (Lipinski definition) is 1. The molecule has 1 fully saturated rings. The molecule has 1 aromatic rings. The summed E-state index contributed by atoms with van der Waals surface area (Å²) >= 11 is 3.35. The van der Waals surface area contributed by atoms with Crippen LogP contribution in [0.1, 0.15) is 43.2 Å². The van der Waals surface area contributed by atoms with Crippen LogP contribution in [0.5, 0.6) is 0 Å². The van der Waals surface area contributed by atoms with Gasteiger partial charge < -0.3 is 9.88 Å². The van der Waals surface area contributed by atoms with Gasteiger partial charge in [-0.1, -0.05) is 0 Å². The predicted molar refractivity (Wildman–Crippen MR) is 80.8 cm³/mol. The number of carbonyl (C=O) groups excluding carboxylic acids is 3. The Hall–Kier alpha value is -1.63. The number of nitrogens with zero attached hydrogens (tertiary/aromatic N) is 2. The van der Waals surface area contributed by atoms with E-state index in [1.54, 1.807) is 6.07 Å². The first-order valence-corrected chi connectivity index (χ1v) is 7.59. The molecule has 6 nitrogen and oxygen atoms in total. The van der Waals surface area contributed by atoms with Gasteiger partial charge in [0.05, 0.1) is 0 Å². The highest BCUT2D eigenvalue weighted by Crippen LogP contribution is 2.20. The zero-order valence-corrected chi connectivity index (χ0v) is 13.8. The second kappa shape index (κ2) is 6.01. The molecule has 0 aromatic carbocycles. The van der Waals surface area contributed by atoms with Crippen molar-refractivity contribution < 1.29 is 14.4 Å². The van der Waals surface area contributed by atoms with Crippen LogP contribution in [0, 0.1) is 0 Å². The van der Waals surface area contributed by atoms with Crippen LogP contribution in [-0.4, -0.2) is 40.3 Å². The lowest BCUT2D eigenvalue weighted by molar-refractivity contribution is -0.147. The van der Waals surface area contributed by atoms with Gasteiger partial charge in [-0.15, -0.1) is 0 Å². The minimum absolute atomic E-state index is 0.128. The topological polar surface area (TPSA) is 71.4 Å². The van der Waals surface area contributed by atoms with Gasteiger partial charge in [0.2, 0.25) is 5.91 Å². The molecule has 1 aliphatic rings. The fraction of sp³-hybridized carbons (Fsp3) is 0.500. The monoisotopic (exact) mass is 355 g/mol. The summed E-state index contributed by atoms with van der Waals surface area (Å²) in [6, 6.07) is 1.20. The van der Waals surface area contributed by atoms with Gasteiger partial charge >= 0.3 is 0 Å². The number of piperidine rings is 1. The van der Waals surface area contributed by atoms with Crippen LogP contribution in [-0.2, 0) is 9.59 Å². The van der Waals surface area contributed by atoms with Crippen molar-refractivity contribution in [1.29, 1.82) is 0 Å². The Kier molecular flexibility index (Phi) is 4.51. The number of imide groups is 1. The maximum Gasteiger partial charge on any atom is 0.268 e. The number of likely N-dealkylation sites (N-methyl/N-ethyl adjacent to an activating group) is 1. The fourth-order valence-corrected chi connectivity index (χ4v) is 2.77. The minimum atomic E-state index is -0.644. The summed E-state index contributed by atoms with van der Waals surface area (Å²) in [6.45, 7) is 3.95. The number of rotatable bonds is 3. The SMILES string of the molecule is CC(C)n1cc(Br)cc1C(=O)NC1CCC(=O)N(C)C1=O. The Labute approximate surface area is 131 Å². The standard InChI is InChI=1S/C14H18BrN3O3/c1-8(2)18-7-9(15)6-11(18)13(20)16-10-4-5-12(19)17(3)14(10)21/h6-8,10H,4-5H2,1-3H3,(H,16,20). The summed E-state index contributed by atoms with van der Waals surface area (Å²) in [6.07, 6.45) is 2.44. The third kappa shape index (κ3) is 3.18. The van der Waals surface area contributed by atoms with E-state index in [1.165, 1.54) is 7.05 Å². The van der Waals surface area contributed by atoms with Crippen LogP contribution in [0.4, 0.5) is 0 Å². The average molecular weight is 356 g/mol. The molecule has 1 saturated heterocycles. The Balaban J connectivity index is 2.15. The number of hydrogen-bond acceptors (Lipinski definition) is 3. The van der Waals surface area contributed by atoms with Gasteiger partial charge in [0.15, 0.2) is 0 Å². The van der Waals surface area contributed by atoms with E-state index in [4.69, 9.17) is 0 Å². The lowest BCUT2D eigenvalue weighted by Crippen LogP contribution is -2.53. The van der Waals surface area contributed by atoms with Gasteiger partial charge in [-0.2, -0.15) is 0 Å². The van der Waals surface area contributed by atoms with Gasteiger partial charge in [0, 0.05) is 30.2 Å². The molecule has 1 unspecified atom stereocenters. The third-order valence-electron chi connectivity index (χ3n) is 3.56. The highest BCUT2D eigenvalue weighted by molar-refractivity contribution is 9.10. The summed E-state index contributed by atoms with van der Waals surface area (Å²) in [5.41, 5.74) is 0.490. The van der Waals surface area contributed by atoms with Crippen molar-refractivity contribution in [2.75, 3.05) is 7.05 Å². The van der Waals surface area contributed by atoms with Gasteiger partial charge in [-0.05, 0) is 42.3 Å². The number of aromatic nitrogens is 1. The minimum Gasteiger partial charge on any atom is -0.340 e. The third-order valence-corrected chi connectivity index (χ3v) is 3.99. The normalized spacial score (nSPS) is 19.3. The van der Waals surface area contributed by atoms with Gasteiger partial charge in [0.25, 0.3) is 11.8 Å². The van der Waals surface area contributed by atoms with Crippen molar-refractivity contribution in [3.05, 3.63) is 22.4 Å². The van der Waals surface area contributed by atoms with E-state index in [9.17, 15) is 14.4 Å². The largest absolute Gasteiger partial charge is 0.340 e. The maximum atomic E-state index is 12.4. The van der Waals surface area contributed by atoms with Crippen molar-refractivity contribution in [3.8, 4) is 0 Å². The van der Waals surface area contributed by atoms with Crippen LogP contribution < -0.4 is 5.32 Å². The molecule has 1 aliphatic heterocycles. The van der Waals surface area contributed by atoms with Crippen LogP contribution in [0.3, 0.4) is 0 Å². The molecule has 0 radical (unpaired) electrons. The first-order chi connectivity index (χ1) is 9.81. The molecule has 0 bridgehead atoms. The maximum absolute atomic E-state index is 12.4. The van der Waals surface area contributed by atoms with E-state index in [1.807, 2.05) is 24.6 Å². The van der Waals surface area contributed by atoms with Crippen LogP contribution in [0.15, 0.2) is 16.7 Å². The highest BCUT2D eigenvalue weighted by Gasteiger charge is 2.33. The van der Waals surface area contributed by atoms with Crippen LogP contribution in [0.25, 0.3) is 0 Å². The van der Waals surface area contributed by atoms with Gasteiger partial charge in [-0.25, -0.2) is 0 Å². The summed E-state index contributed by atoms with van der Waals surface area (Å²) in [4.78, 5) is 36.9. The quantitative estimate of drug-likeness (QED) is 0.839. The first-order valence-electron chi connectivity index (χ1n) is 6.80. The van der Waals surface area contributed by atoms with Gasteiger partial charge in [-0.3, -0.25) is 19.3 Å². The summed E-state index contributed by atoms with van der Waals surface area (Å²) < 4.78 is 2.64. The van der Waals surface area contributed by atoms with E-state index in [2.05, 4.69) is 21.2 Å². The predicted octanol–water partition coefficient (Wildman–Crippen LogP) is 1.71. The Morgan fingerprint density at radius 3 is 2.71 bits per heavy atom. The molecular weight excluding hydrogens is 338 g/mol. The Morgan fingerprint density at radius 2 is 2.10 bits per heavy atom. The van der Waals surface area contributed by atoms with Crippen molar-refractivity contribution in [1.82, 2.24) is 14.8 Å². The molecule has 1 N–H and O–H groups in total. The molecule has 21 heavy (non-hydrogen) atoms. The van der Waals surface area contributed by atoms with Crippen molar-refractivity contribution in [2.24, 2.45) is 0 Å². The fourth-order valence-electron chi connectivity index (χ4n) is 2.34. The smallest absolute Gasteiger partial charge is 0.268 e. The molecule has 0 aliphatic carbocycles. The molecule has 114 valence electrons. The van der Waals surface area contributed by atoms with Crippen molar-refractivity contribution >= 4 is 33.7 Å². The summed E-state index contributed by atoms with van der Waals surface area (Å²) in [5.74, 6) is -0.879. The number of amides is 3. The molecule has 1 aromatic heterocycles. The summed E-state index contributed by atoms with van der Waals surface area (Å²) in [7, 11) is 1.44. The highest BCUT2D eigenvalue weighted by atomic mass is 79.9. The molecule has 2 rings (SSSR count). The van der Waals surface area contributed by atoms with E-state index < -0.39 is 6.04 Å². The summed E-state index contributed by atoms with van der Waals surface area (Å²) in [5, 5.41) is 2.72. The Morgan fingerprint density at radius 1 is 1.43 bits per heavy atom. The molecule has 0 saturated carbocycles. The number of halogens is 1. The zero-order chi connectivity index (χ0) is 15.7. The number of nitrogens with one attached hydrogen (secondary N) is 1. The van der Waals surface area contributed by atoms with Crippen LogP contribution >= 0.6 is 15.9 Å². The number of carbonyl (C=O) groups is 3. The Bertz CT molecular complexity index is 594. The van der Waals surface area contributed by atoms with E-state index in [0.29, 0.717) is 12.1 Å².